The molecule has 1 heterocycles. The largest absolute Gasteiger partial charge is 0.492 e. The lowest BCUT2D eigenvalue weighted by molar-refractivity contribution is 0.0147. The number of nitrogens with zero attached hydrogens (tertiary/aromatic N) is 1. The second kappa shape index (κ2) is 10.6. The topological polar surface area (TPSA) is 85.3 Å². The molecule has 0 bridgehead atoms. The van der Waals surface area contributed by atoms with Crippen molar-refractivity contribution in [2.45, 2.75) is 32.5 Å². The van der Waals surface area contributed by atoms with Gasteiger partial charge in [-0.15, -0.1) is 0 Å². The highest BCUT2D eigenvalue weighted by Gasteiger charge is 2.34. The molecule has 2 aromatic rings. The molecule has 0 radical (unpaired) electrons. The summed E-state index contributed by atoms with van der Waals surface area (Å²) in [6, 6.07) is 11.7. The minimum atomic E-state index is -1.08. The number of carbonyl (C=O) groups excluding carboxylic acids is 1. The van der Waals surface area contributed by atoms with Crippen molar-refractivity contribution in [1.82, 2.24) is 4.90 Å². The first-order valence-electron chi connectivity index (χ1n) is 10.5. The third kappa shape index (κ3) is 6.76. The van der Waals surface area contributed by atoms with Gasteiger partial charge in [-0.2, -0.15) is 0 Å². The Morgan fingerprint density at radius 3 is 2.55 bits per heavy atom. The molecule has 0 spiro atoms. The smallest absolute Gasteiger partial charge is 0.410 e. The van der Waals surface area contributed by atoms with Crippen LogP contribution in [0.15, 0.2) is 42.5 Å². The quantitative estimate of drug-likeness (QED) is 0.572. The van der Waals surface area contributed by atoms with Gasteiger partial charge in [0.1, 0.15) is 16.9 Å². The standard InChI is InChI=1S/C24H27Cl2NO6/c1-24(2,3)33-23(30)27-10-11-31-21(15-8-9-18(25)19(26)12-15)16(13-27)14-32-20-7-5-4-6-17(20)22(28)29/h4-9,12,16,21H,10-11,13-14H2,1-3H3,(H,28,29)/t16-,21-/m0/s1. The van der Waals surface area contributed by atoms with Gasteiger partial charge in [-0.1, -0.05) is 41.4 Å². The molecule has 0 aliphatic carbocycles. The van der Waals surface area contributed by atoms with Gasteiger partial charge in [0.05, 0.1) is 29.4 Å². The van der Waals surface area contributed by atoms with E-state index in [2.05, 4.69) is 0 Å². The van der Waals surface area contributed by atoms with E-state index in [1.54, 1.807) is 56.0 Å². The highest BCUT2D eigenvalue weighted by atomic mass is 35.5. The van der Waals surface area contributed by atoms with Crippen LogP contribution in [0.5, 0.6) is 5.75 Å². The Balaban J connectivity index is 1.88. The van der Waals surface area contributed by atoms with Crippen LogP contribution < -0.4 is 4.74 Å². The molecule has 0 saturated carbocycles. The van der Waals surface area contributed by atoms with Crippen molar-refractivity contribution in [3.05, 3.63) is 63.6 Å². The maximum absolute atomic E-state index is 12.8. The van der Waals surface area contributed by atoms with Gasteiger partial charge in [-0.05, 0) is 50.6 Å². The van der Waals surface area contributed by atoms with E-state index in [4.69, 9.17) is 37.4 Å². The van der Waals surface area contributed by atoms with Crippen molar-refractivity contribution in [3.63, 3.8) is 0 Å². The van der Waals surface area contributed by atoms with E-state index in [1.807, 2.05) is 6.07 Å². The van der Waals surface area contributed by atoms with Gasteiger partial charge in [0.2, 0.25) is 0 Å². The molecule has 1 amide bonds. The monoisotopic (exact) mass is 495 g/mol. The van der Waals surface area contributed by atoms with Gasteiger partial charge in [0.15, 0.2) is 0 Å². The molecular formula is C24H27Cl2NO6. The molecular weight excluding hydrogens is 469 g/mol. The Morgan fingerprint density at radius 2 is 1.88 bits per heavy atom. The fraction of sp³-hybridized carbons (Fsp3) is 0.417. The Bertz CT molecular complexity index is 1010. The summed E-state index contributed by atoms with van der Waals surface area (Å²) in [5.74, 6) is -1.18. The van der Waals surface area contributed by atoms with Crippen molar-refractivity contribution in [3.8, 4) is 5.75 Å². The molecule has 7 nitrogen and oxygen atoms in total. The summed E-state index contributed by atoms with van der Waals surface area (Å²) < 4.78 is 17.6. The maximum atomic E-state index is 12.8. The zero-order chi connectivity index (χ0) is 24.2. The molecule has 1 N–H and O–H groups in total. The minimum Gasteiger partial charge on any atom is -0.492 e. The summed E-state index contributed by atoms with van der Waals surface area (Å²) in [5.41, 5.74) is 0.206. The average molecular weight is 496 g/mol. The lowest BCUT2D eigenvalue weighted by Gasteiger charge is -2.30. The molecule has 1 aliphatic heterocycles. The van der Waals surface area contributed by atoms with E-state index in [1.165, 1.54) is 6.07 Å². The number of aromatic carboxylic acids is 1. The predicted octanol–water partition coefficient (Wildman–Crippen LogP) is 5.70. The highest BCUT2D eigenvalue weighted by Crippen LogP contribution is 2.34. The molecule has 9 heteroatoms. The number of hydrogen-bond donors (Lipinski definition) is 1. The first-order valence-corrected chi connectivity index (χ1v) is 11.3. The summed E-state index contributed by atoms with van der Waals surface area (Å²) in [6.07, 6.45) is -0.902. The van der Waals surface area contributed by atoms with Gasteiger partial charge in [0, 0.05) is 19.0 Å². The van der Waals surface area contributed by atoms with Crippen molar-refractivity contribution in [1.29, 1.82) is 0 Å². The second-order valence-electron chi connectivity index (χ2n) is 8.76. The van der Waals surface area contributed by atoms with Crippen LogP contribution >= 0.6 is 23.2 Å². The lowest BCUT2D eigenvalue weighted by Crippen LogP contribution is -2.41. The zero-order valence-electron chi connectivity index (χ0n) is 18.7. The Hall–Kier alpha value is -2.48. The maximum Gasteiger partial charge on any atom is 0.410 e. The Labute approximate surface area is 203 Å². The second-order valence-corrected chi connectivity index (χ2v) is 9.58. The van der Waals surface area contributed by atoms with Crippen LogP contribution in [0.3, 0.4) is 0 Å². The summed E-state index contributed by atoms with van der Waals surface area (Å²) >= 11 is 12.3. The van der Waals surface area contributed by atoms with E-state index in [9.17, 15) is 14.7 Å². The van der Waals surface area contributed by atoms with Crippen LogP contribution in [0.4, 0.5) is 4.79 Å². The van der Waals surface area contributed by atoms with E-state index in [0.29, 0.717) is 16.6 Å². The van der Waals surface area contributed by atoms with Crippen LogP contribution in [-0.2, 0) is 9.47 Å². The van der Waals surface area contributed by atoms with Crippen LogP contribution in [0.1, 0.15) is 42.8 Å². The van der Waals surface area contributed by atoms with Crippen LogP contribution in [0, 0.1) is 5.92 Å². The summed E-state index contributed by atoms with van der Waals surface area (Å²) in [7, 11) is 0. The Morgan fingerprint density at radius 1 is 1.15 bits per heavy atom. The van der Waals surface area contributed by atoms with Crippen molar-refractivity contribution in [2.75, 3.05) is 26.3 Å². The third-order valence-corrected chi connectivity index (χ3v) is 5.77. The molecule has 178 valence electrons. The highest BCUT2D eigenvalue weighted by molar-refractivity contribution is 6.42. The molecule has 2 aromatic carbocycles. The van der Waals surface area contributed by atoms with Crippen LogP contribution in [0.25, 0.3) is 0 Å². The Kier molecular flexibility index (Phi) is 8.10. The SMILES string of the molecule is CC(C)(C)OC(=O)N1CCO[C@@H](c2ccc(Cl)c(Cl)c2)[C@H](COc2ccccc2C(=O)O)C1. The summed E-state index contributed by atoms with van der Waals surface area (Å²) in [6.45, 7) is 6.44. The number of carboxylic acids is 1. The lowest BCUT2D eigenvalue weighted by atomic mass is 9.95. The first-order chi connectivity index (χ1) is 15.5. The average Bonchev–Trinajstić information content (AvgIpc) is 2.96. The van der Waals surface area contributed by atoms with E-state index < -0.39 is 23.8 Å². The number of para-hydroxylation sites is 1. The van der Waals surface area contributed by atoms with Gasteiger partial charge in [-0.3, -0.25) is 0 Å². The molecule has 2 atom stereocenters. The zero-order valence-corrected chi connectivity index (χ0v) is 20.2. The van der Waals surface area contributed by atoms with Crippen molar-refractivity contribution in [2.24, 2.45) is 5.92 Å². The van der Waals surface area contributed by atoms with E-state index in [0.717, 1.165) is 5.56 Å². The minimum absolute atomic E-state index is 0.0575. The van der Waals surface area contributed by atoms with E-state index >= 15 is 0 Å². The normalized spacial score (nSPS) is 19.0. The van der Waals surface area contributed by atoms with Gasteiger partial charge >= 0.3 is 12.1 Å². The molecule has 0 unspecified atom stereocenters. The molecule has 1 fully saturated rings. The fourth-order valence-corrected chi connectivity index (χ4v) is 3.86. The summed E-state index contributed by atoms with van der Waals surface area (Å²) in [5, 5.41) is 10.3. The molecule has 1 aliphatic rings. The summed E-state index contributed by atoms with van der Waals surface area (Å²) in [4.78, 5) is 25.9. The number of rotatable bonds is 5. The molecule has 0 aromatic heterocycles. The fourth-order valence-electron chi connectivity index (χ4n) is 3.55. The number of carboxylic acid groups (broad SMARTS) is 1. The number of hydrogen-bond acceptors (Lipinski definition) is 5. The molecule has 33 heavy (non-hydrogen) atoms. The number of benzene rings is 2. The van der Waals surface area contributed by atoms with Crippen molar-refractivity contribution < 1.29 is 28.9 Å². The van der Waals surface area contributed by atoms with Crippen LogP contribution in [-0.4, -0.2) is 54.0 Å². The predicted molar refractivity (Wildman–Crippen MR) is 125 cm³/mol. The third-order valence-electron chi connectivity index (χ3n) is 5.04. The molecule has 3 rings (SSSR count). The molecule has 1 saturated heterocycles. The number of ether oxygens (including phenoxy) is 3. The number of halogens is 2. The van der Waals surface area contributed by atoms with Gasteiger partial charge in [-0.25, -0.2) is 9.59 Å². The number of carbonyl (C=O) groups is 2. The van der Waals surface area contributed by atoms with E-state index in [-0.39, 0.29) is 37.0 Å². The van der Waals surface area contributed by atoms with Crippen molar-refractivity contribution >= 4 is 35.3 Å². The van der Waals surface area contributed by atoms with Crippen LogP contribution in [0.2, 0.25) is 10.0 Å². The van der Waals surface area contributed by atoms with Gasteiger partial charge < -0.3 is 24.2 Å². The number of amides is 1. The van der Waals surface area contributed by atoms with Gasteiger partial charge in [0.25, 0.3) is 0 Å². The first kappa shape index (κ1) is 25.1.